The van der Waals surface area contributed by atoms with Gasteiger partial charge in [-0.1, -0.05) is 26.2 Å². The van der Waals surface area contributed by atoms with Gasteiger partial charge in [0.1, 0.15) is 0 Å². The van der Waals surface area contributed by atoms with Crippen LogP contribution in [0.1, 0.15) is 49.4 Å². The average Bonchev–Trinajstić information content (AvgIpc) is 3.23. The molecule has 0 bridgehead atoms. The Kier molecular flexibility index (Phi) is 6.22. The maximum absolute atomic E-state index is 13.2. The van der Waals surface area contributed by atoms with Gasteiger partial charge in [0.25, 0.3) is 5.91 Å². The fourth-order valence-corrected chi connectivity index (χ4v) is 6.62. The fourth-order valence-electron chi connectivity index (χ4n) is 4.15. The number of hydrogen-bond acceptors (Lipinski definition) is 4. The summed E-state index contributed by atoms with van der Waals surface area (Å²) in [7, 11) is -3.57. The van der Waals surface area contributed by atoms with Crippen LogP contribution in [-0.4, -0.2) is 31.2 Å². The van der Waals surface area contributed by atoms with E-state index in [0.717, 1.165) is 36.8 Å². The third kappa shape index (κ3) is 4.29. The van der Waals surface area contributed by atoms with Gasteiger partial charge in [-0.15, -0.1) is 11.3 Å². The molecular formula is C23H26N2O3S2. The number of rotatable bonds is 6. The zero-order valence-corrected chi connectivity index (χ0v) is 18.6. The molecule has 4 rings (SSSR count). The van der Waals surface area contributed by atoms with Crippen molar-refractivity contribution in [2.75, 3.05) is 11.9 Å². The summed E-state index contributed by atoms with van der Waals surface area (Å²) in [4.78, 5) is 12.9. The Hall–Kier alpha value is -2.22. The number of benzene rings is 2. The number of anilines is 1. The highest BCUT2D eigenvalue weighted by molar-refractivity contribution is 7.89. The Labute approximate surface area is 181 Å². The summed E-state index contributed by atoms with van der Waals surface area (Å²) in [5, 5.41) is 5.99. The lowest BCUT2D eigenvalue weighted by atomic mass is 9.95. The van der Waals surface area contributed by atoms with Crippen LogP contribution >= 0.6 is 11.3 Å². The molecular weight excluding hydrogens is 416 g/mol. The SMILES string of the molecule is CCN(C1CCCCC1)S(=O)(=O)c1ccc(C(=O)Nc2ccc3sccc3c2)cc1. The highest BCUT2D eigenvalue weighted by Crippen LogP contribution is 2.28. The van der Waals surface area contributed by atoms with Crippen molar-refractivity contribution < 1.29 is 13.2 Å². The van der Waals surface area contributed by atoms with Crippen LogP contribution in [-0.2, 0) is 10.0 Å². The molecule has 1 aliphatic carbocycles. The summed E-state index contributed by atoms with van der Waals surface area (Å²) in [6.07, 6.45) is 5.17. The normalized spacial score (nSPS) is 15.5. The topological polar surface area (TPSA) is 66.5 Å². The summed E-state index contributed by atoms with van der Waals surface area (Å²) in [5.41, 5.74) is 1.15. The van der Waals surface area contributed by atoms with Gasteiger partial charge in [-0.25, -0.2) is 8.42 Å². The van der Waals surface area contributed by atoms with Crippen molar-refractivity contribution >= 4 is 43.0 Å². The van der Waals surface area contributed by atoms with Crippen LogP contribution in [0.15, 0.2) is 58.8 Å². The number of amides is 1. The summed E-state index contributed by atoms with van der Waals surface area (Å²) in [5.74, 6) is -0.256. The van der Waals surface area contributed by atoms with Crippen molar-refractivity contribution in [3.05, 3.63) is 59.5 Å². The molecule has 30 heavy (non-hydrogen) atoms. The van der Waals surface area contributed by atoms with Gasteiger partial charge in [-0.2, -0.15) is 4.31 Å². The second-order valence-electron chi connectivity index (χ2n) is 7.65. The van der Waals surface area contributed by atoms with Crippen LogP contribution in [0, 0.1) is 0 Å². The van der Waals surface area contributed by atoms with Crippen LogP contribution in [0.5, 0.6) is 0 Å². The lowest BCUT2D eigenvalue weighted by Crippen LogP contribution is -2.41. The van der Waals surface area contributed by atoms with Crippen LogP contribution in [0.25, 0.3) is 10.1 Å². The molecule has 0 aliphatic heterocycles. The predicted molar refractivity (Wildman–Crippen MR) is 123 cm³/mol. The molecule has 1 fully saturated rings. The highest BCUT2D eigenvalue weighted by Gasteiger charge is 2.31. The van der Waals surface area contributed by atoms with E-state index in [2.05, 4.69) is 5.32 Å². The van der Waals surface area contributed by atoms with E-state index >= 15 is 0 Å². The van der Waals surface area contributed by atoms with Gasteiger partial charge in [-0.3, -0.25) is 4.79 Å². The lowest BCUT2D eigenvalue weighted by Gasteiger charge is -2.32. The quantitative estimate of drug-likeness (QED) is 0.548. The van der Waals surface area contributed by atoms with Gasteiger partial charge < -0.3 is 5.32 Å². The Balaban J connectivity index is 1.50. The summed E-state index contributed by atoms with van der Waals surface area (Å²) in [6.45, 7) is 2.35. The van der Waals surface area contributed by atoms with Crippen molar-refractivity contribution in [3.8, 4) is 0 Å². The second-order valence-corrected chi connectivity index (χ2v) is 10.5. The fraction of sp³-hybridized carbons (Fsp3) is 0.348. The third-order valence-electron chi connectivity index (χ3n) is 5.73. The van der Waals surface area contributed by atoms with E-state index in [1.807, 2.05) is 36.6 Å². The molecule has 2 aromatic carbocycles. The summed E-state index contributed by atoms with van der Waals surface area (Å²) < 4.78 is 29.1. The number of carbonyl (C=O) groups is 1. The van der Waals surface area contributed by atoms with Crippen LogP contribution in [0.2, 0.25) is 0 Å². The van der Waals surface area contributed by atoms with Gasteiger partial charge in [0, 0.05) is 28.5 Å². The minimum Gasteiger partial charge on any atom is -0.322 e. The van der Waals surface area contributed by atoms with E-state index in [4.69, 9.17) is 0 Å². The maximum Gasteiger partial charge on any atom is 0.255 e. The van der Waals surface area contributed by atoms with Gasteiger partial charge >= 0.3 is 0 Å². The highest BCUT2D eigenvalue weighted by atomic mass is 32.2. The number of nitrogens with zero attached hydrogens (tertiary/aromatic N) is 1. The Morgan fingerprint density at radius 1 is 1.07 bits per heavy atom. The van der Waals surface area contributed by atoms with Crippen molar-refractivity contribution in [1.82, 2.24) is 4.31 Å². The molecule has 1 heterocycles. The number of nitrogens with one attached hydrogen (secondary N) is 1. The molecule has 1 saturated carbocycles. The first-order chi connectivity index (χ1) is 14.5. The first kappa shape index (κ1) is 21.0. The smallest absolute Gasteiger partial charge is 0.255 e. The minimum absolute atomic E-state index is 0.0729. The first-order valence-electron chi connectivity index (χ1n) is 10.4. The van der Waals surface area contributed by atoms with Gasteiger partial charge in [0.2, 0.25) is 10.0 Å². The molecule has 1 aromatic heterocycles. The molecule has 0 spiro atoms. The number of fused-ring (bicyclic) bond motifs is 1. The number of carbonyl (C=O) groups excluding carboxylic acids is 1. The Morgan fingerprint density at radius 3 is 2.50 bits per heavy atom. The molecule has 1 aliphatic rings. The first-order valence-corrected chi connectivity index (χ1v) is 12.7. The average molecular weight is 443 g/mol. The number of sulfonamides is 1. The van der Waals surface area contributed by atoms with E-state index in [9.17, 15) is 13.2 Å². The molecule has 5 nitrogen and oxygen atoms in total. The molecule has 0 radical (unpaired) electrons. The largest absolute Gasteiger partial charge is 0.322 e. The molecule has 1 amide bonds. The predicted octanol–water partition coefficient (Wildman–Crippen LogP) is 5.50. The van der Waals surface area contributed by atoms with Crippen molar-refractivity contribution in [2.45, 2.75) is 50.0 Å². The molecule has 0 atom stereocenters. The molecule has 0 unspecified atom stereocenters. The zero-order valence-electron chi connectivity index (χ0n) is 17.0. The van der Waals surface area contributed by atoms with E-state index in [1.165, 1.54) is 23.3 Å². The standard InChI is InChI=1S/C23H26N2O3S2/c1-2-25(20-6-4-3-5-7-20)30(27,28)21-11-8-17(9-12-21)23(26)24-19-10-13-22-18(16-19)14-15-29-22/h8-16,20H,2-7H2,1H3,(H,24,26). The van der Waals surface area contributed by atoms with Crippen LogP contribution in [0.3, 0.4) is 0 Å². The zero-order chi connectivity index (χ0) is 21.1. The monoisotopic (exact) mass is 442 g/mol. The van der Waals surface area contributed by atoms with Crippen LogP contribution < -0.4 is 5.32 Å². The minimum atomic E-state index is -3.57. The van der Waals surface area contributed by atoms with E-state index in [1.54, 1.807) is 27.8 Å². The second kappa shape index (κ2) is 8.88. The Morgan fingerprint density at radius 2 is 1.80 bits per heavy atom. The van der Waals surface area contributed by atoms with E-state index in [-0.39, 0.29) is 16.8 Å². The number of hydrogen-bond donors (Lipinski definition) is 1. The van der Waals surface area contributed by atoms with Crippen molar-refractivity contribution in [2.24, 2.45) is 0 Å². The van der Waals surface area contributed by atoms with E-state index < -0.39 is 10.0 Å². The number of thiophene rings is 1. The lowest BCUT2D eigenvalue weighted by molar-refractivity contribution is 0.102. The molecule has 0 saturated heterocycles. The molecule has 7 heteroatoms. The van der Waals surface area contributed by atoms with Crippen molar-refractivity contribution in [3.63, 3.8) is 0 Å². The van der Waals surface area contributed by atoms with Crippen LogP contribution in [0.4, 0.5) is 5.69 Å². The van der Waals surface area contributed by atoms with E-state index in [0.29, 0.717) is 12.1 Å². The molecule has 3 aromatic rings. The van der Waals surface area contributed by atoms with Gasteiger partial charge in [0.15, 0.2) is 0 Å². The maximum atomic E-state index is 13.2. The molecule has 1 N–H and O–H groups in total. The molecule has 158 valence electrons. The van der Waals surface area contributed by atoms with Crippen molar-refractivity contribution in [1.29, 1.82) is 0 Å². The summed E-state index contributed by atoms with van der Waals surface area (Å²) >= 11 is 1.66. The Bertz CT molecular complexity index is 1130. The van der Waals surface area contributed by atoms with Gasteiger partial charge in [0.05, 0.1) is 4.90 Å². The summed E-state index contributed by atoms with van der Waals surface area (Å²) in [6, 6.07) is 14.1. The third-order valence-corrected chi connectivity index (χ3v) is 8.67. The van der Waals surface area contributed by atoms with Gasteiger partial charge in [-0.05, 0) is 72.1 Å².